The highest BCUT2D eigenvalue weighted by Crippen LogP contribution is 2.11. The number of rotatable bonds is 5. The van der Waals surface area contributed by atoms with E-state index in [2.05, 4.69) is 14.9 Å². The number of amidine groups is 1. The van der Waals surface area contributed by atoms with Gasteiger partial charge in [-0.05, 0) is 24.3 Å². The van der Waals surface area contributed by atoms with Crippen LogP contribution < -0.4 is 10.6 Å². The Hall–Kier alpha value is -2.43. The molecule has 98 valence electrons. The molecule has 0 aromatic carbocycles. The van der Waals surface area contributed by atoms with Gasteiger partial charge in [-0.1, -0.05) is 6.07 Å². The maximum absolute atomic E-state index is 7.30. The van der Waals surface area contributed by atoms with E-state index in [0.717, 1.165) is 24.3 Å². The molecule has 0 bridgehead atoms. The van der Waals surface area contributed by atoms with Gasteiger partial charge in [0.15, 0.2) is 0 Å². The molecule has 2 aromatic rings. The van der Waals surface area contributed by atoms with E-state index in [9.17, 15) is 0 Å². The first-order valence-corrected chi connectivity index (χ1v) is 6.08. The maximum atomic E-state index is 7.30. The van der Waals surface area contributed by atoms with Crippen LogP contribution in [0, 0.1) is 5.41 Å². The third kappa shape index (κ3) is 3.51. The zero-order valence-corrected chi connectivity index (χ0v) is 10.9. The van der Waals surface area contributed by atoms with Gasteiger partial charge < -0.3 is 10.6 Å². The number of hydrogen-bond acceptors (Lipinski definition) is 4. The first kappa shape index (κ1) is 13.0. The fourth-order valence-corrected chi connectivity index (χ4v) is 1.73. The van der Waals surface area contributed by atoms with Crippen LogP contribution in [0.5, 0.6) is 0 Å². The summed E-state index contributed by atoms with van der Waals surface area (Å²) in [5.74, 6) is -0.0114. The molecule has 0 unspecified atom stereocenters. The average molecular weight is 255 g/mol. The number of nitrogens with zero attached hydrogens (tertiary/aromatic N) is 3. The summed E-state index contributed by atoms with van der Waals surface area (Å²) in [5, 5.41) is 7.30. The fraction of sp³-hybridized carbons (Fsp3) is 0.214. The maximum Gasteiger partial charge on any atom is 0.141 e. The molecule has 0 spiro atoms. The molecule has 2 rings (SSSR count). The van der Waals surface area contributed by atoms with E-state index in [1.807, 2.05) is 31.3 Å². The topological polar surface area (TPSA) is 78.9 Å². The van der Waals surface area contributed by atoms with Crippen molar-refractivity contribution >= 4 is 11.5 Å². The van der Waals surface area contributed by atoms with Gasteiger partial charge in [-0.2, -0.15) is 0 Å². The number of nitrogen functional groups attached to an aromatic ring is 1. The first-order valence-electron chi connectivity index (χ1n) is 6.08. The van der Waals surface area contributed by atoms with Gasteiger partial charge in [0.1, 0.15) is 11.5 Å². The van der Waals surface area contributed by atoms with Crippen molar-refractivity contribution < 1.29 is 0 Å². The highest BCUT2D eigenvalue weighted by Gasteiger charge is 2.04. The Kier molecular flexibility index (Phi) is 4.07. The van der Waals surface area contributed by atoms with E-state index < -0.39 is 0 Å². The number of anilines is 1. The summed E-state index contributed by atoms with van der Waals surface area (Å²) in [4.78, 5) is 10.5. The van der Waals surface area contributed by atoms with Crippen LogP contribution in [-0.2, 0) is 6.42 Å². The lowest BCUT2D eigenvalue weighted by atomic mass is 10.2. The minimum Gasteiger partial charge on any atom is -0.382 e. The summed E-state index contributed by atoms with van der Waals surface area (Å²) >= 11 is 0. The monoisotopic (exact) mass is 255 g/mol. The van der Waals surface area contributed by atoms with Crippen molar-refractivity contribution in [2.45, 2.75) is 6.42 Å². The lowest BCUT2D eigenvalue weighted by Crippen LogP contribution is -2.21. The number of nitrogens with one attached hydrogen (secondary N) is 1. The fourth-order valence-electron chi connectivity index (χ4n) is 1.73. The first-order chi connectivity index (χ1) is 9.16. The van der Waals surface area contributed by atoms with Crippen LogP contribution in [0.15, 0.2) is 42.7 Å². The summed E-state index contributed by atoms with van der Waals surface area (Å²) in [5.41, 5.74) is 7.95. The molecule has 0 atom stereocenters. The van der Waals surface area contributed by atoms with Crippen LogP contribution in [0.25, 0.3) is 0 Å². The molecule has 0 aliphatic rings. The zero-order valence-electron chi connectivity index (χ0n) is 10.9. The van der Waals surface area contributed by atoms with Gasteiger partial charge >= 0.3 is 0 Å². The summed E-state index contributed by atoms with van der Waals surface area (Å²) < 4.78 is 0. The van der Waals surface area contributed by atoms with Crippen molar-refractivity contribution in [2.75, 3.05) is 18.5 Å². The van der Waals surface area contributed by atoms with Gasteiger partial charge in [0.25, 0.3) is 0 Å². The minimum absolute atomic E-state index is 0.0114. The Balaban J connectivity index is 1.96. The number of aromatic nitrogens is 2. The van der Waals surface area contributed by atoms with Gasteiger partial charge in [-0.25, -0.2) is 0 Å². The second-order valence-corrected chi connectivity index (χ2v) is 4.31. The number of pyridine rings is 2. The van der Waals surface area contributed by atoms with Crippen LogP contribution in [0.4, 0.5) is 5.69 Å². The Morgan fingerprint density at radius 3 is 2.68 bits per heavy atom. The highest BCUT2D eigenvalue weighted by atomic mass is 15.1. The molecule has 0 saturated carbocycles. The lowest BCUT2D eigenvalue weighted by molar-refractivity contribution is 0.850. The third-order valence-electron chi connectivity index (χ3n) is 2.89. The van der Waals surface area contributed by atoms with Crippen molar-refractivity contribution in [1.29, 1.82) is 5.41 Å². The summed E-state index contributed by atoms with van der Waals surface area (Å²) in [6, 6.07) is 9.60. The molecule has 0 aliphatic heterocycles. The molecule has 2 aromatic heterocycles. The predicted octanol–water partition coefficient (Wildman–Crippen LogP) is 1.44. The lowest BCUT2D eigenvalue weighted by Gasteiger charge is -2.18. The van der Waals surface area contributed by atoms with Crippen LogP contribution in [0.3, 0.4) is 0 Å². The minimum atomic E-state index is -0.0114. The number of nitrogens with two attached hydrogens (primary N) is 1. The molecule has 5 heteroatoms. The highest BCUT2D eigenvalue weighted by molar-refractivity contribution is 5.93. The van der Waals surface area contributed by atoms with Crippen molar-refractivity contribution in [3.8, 4) is 0 Å². The second-order valence-electron chi connectivity index (χ2n) is 4.31. The number of likely N-dealkylation sites (N-methyl/N-ethyl adjacent to an activating group) is 1. The van der Waals surface area contributed by atoms with E-state index in [-0.39, 0.29) is 5.84 Å². The molecule has 0 radical (unpaired) electrons. The normalized spacial score (nSPS) is 10.2. The number of hydrogen-bond donors (Lipinski definition) is 2. The van der Waals surface area contributed by atoms with Crippen molar-refractivity contribution in [1.82, 2.24) is 9.97 Å². The standard InChI is InChI=1S/C14H17N5/c1-19(9-7-11-4-2-3-8-17-11)12-5-6-13(14(15)16)18-10-12/h2-6,8,10H,7,9H2,1H3,(H3,15,16). The van der Waals surface area contributed by atoms with E-state index in [4.69, 9.17) is 11.1 Å². The smallest absolute Gasteiger partial charge is 0.141 e. The summed E-state index contributed by atoms with van der Waals surface area (Å²) in [6.07, 6.45) is 4.42. The zero-order chi connectivity index (χ0) is 13.7. The molecule has 2 heterocycles. The van der Waals surface area contributed by atoms with E-state index >= 15 is 0 Å². The Morgan fingerprint density at radius 1 is 1.26 bits per heavy atom. The van der Waals surface area contributed by atoms with Crippen LogP contribution in [-0.4, -0.2) is 29.4 Å². The second kappa shape index (κ2) is 5.95. The van der Waals surface area contributed by atoms with E-state index in [1.165, 1.54) is 0 Å². The molecular formula is C14H17N5. The summed E-state index contributed by atoms with van der Waals surface area (Å²) in [6.45, 7) is 0.859. The third-order valence-corrected chi connectivity index (χ3v) is 2.89. The molecule has 0 aliphatic carbocycles. The molecule has 3 N–H and O–H groups in total. The Labute approximate surface area is 112 Å². The molecule has 0 saturated heterocycles. The average Bonchev–Trinajstić information content (AvgIpc) is 2.46. The van der Waals surface area contributed by atoms with Gasteiger partial charge in [-0.3, -0.25) is 15.4 Å². The van der Waals surface area contributed by atoms with Gasteiger partial charge in [0, 0.05) is 31.9 Å². The van der Waals surface area contributed by atoms with Crippen molar-refractivity contribution in [3.05, 3.63) is 54.1 Å². The van der Waals surface area contributed by atoms with Crippen LogP contribution in [0.2, 0.25) is 0 Å². The van der Waals surface area contributed by atoms with E-state index in [1.54, 1.807) is 18.5 Å². The van der Waals surface area contributed by atoms with Gasteiger partial charge in [-0.15, -0.1) is 0 Å². The van der Waals surface area contributed by atoms with Crippen molar-refractivity contribution in [3.63, 3.8) is 0 Å². The van der Waals surface area contributed by atoms with Gasteiger partial charge in [0.05, 0.1) is 11.9 Å². The SMILES string of the molecule is CN(CCc1ccccn1)c1ccc(C(=N)N)nc1. The predicted molar refractivity (Wildman–Crippen MR) is 76.5 cm³/mol. The molecule has 0 amide bonds. The van der Waals surface area contributed by atoms with Gasteiger partial charge in [0.2, 0.25) is 0 Å². The Morgan fingerprint density at radius 2 is 2.11 bits per heavy atom. The summed E-state index contributed by atoms with van der Waals surface area (Å²) in [7, 11) is 2.01. The molecule has 0 fully saturated rings. The molecule has 5 nitrogen and oxygen atoms in total. The molecule has 19 heavy (non-hydrogen) atoms. The molecular weight excluding hydrogens is 238 g/mol. The van der Waals surface area contributed by atoms with E-state index in [0.29, 0.717) is 5.69 Å². The Bertz CT molecular complexity index is 536. The quantitative estimate of drug-likeness (QED) is 0.626. The van der Waals surface area contributed by atoms with Crippen molar-refractivity contribution in [2.24, 2.45) is 5.73 Å². The van der Waals surface area contributed by atoms with Crippen LogP contribution >= 0.6 is 0 Å². The largest absolute Gasteiger partial charge is 0.382 e. The van der Waals surface area contributed by atoms with Crippen LogP contribution in [0.1, 0.15) is 11.4 Å².